The predicted octanol–water partition coefficient (Wildman–Crippen LogP) is 2.82. The average Bonchev–Trinajstić information content (AvgIpc) is 2.60. The van der Waals surface area contributed by atoms with Crippen LogP contribution in [0, 0.1) is 5.92 Å². The van der Waals surface area contributed by atoms with Crippen LogP contribution in [0.25, 0.3) is 0 Å². The SMILES string of the molecule is CCC1CCN(CCCCCS)C1. The van der Waals surface area contributed by atoms with Gasteiger partial charge in [0.05, 0.1) is 0 Å². The molecule has 0 aromatic carbocycles. The van der Waals surface area contributed by atoms with E-state index >= 15 is 0 Å². The van der Waals surface area contributed by atoms with Crippen LogP contribution in [0.2, 0.25) is 0 Å². The van der Waals surface area contributed by atoms with Gasteiger partial charge < -0.3 is 4.90 Å². The first kappa shape index (κ1) is 11.4. The molecule has 1 aliphatic heterocycles. The van der Waals surface area contributed by atoms with E-state index in [0.717, 1.165) is 11.7 Å². The van der Waals surface area contributed by atoms with Crippen molar-refractivity contribution in [3.8, 4) is 0 Å². The van der Waals surface area contributed by atoms with Crippen molar-refractivity contribution in [1.29, 1.82) is 0 Å². The third kappa shape index (κ3) is 4.37. The van der Waals surface area contributed by atoms with E-state index in [1.165, 1.54) is 51.7 Å². The standard InChI is InChI=1S/C11H23NS/c1-2-11-6-8-12(10-11)7-4-3-5-9-13/h11,13H,2-10H2,1H3. The third-order valence-electron chi connectivity index (χ3n) is 3.08. The van der Waals surface area contributed by atoms with Gasteiger partial charge in [0.15, 0.2) is 0 Å². The fraction of sp³-hybridized carbons (Fsp3) is 1.00. The van der Waals surface area contributed by atoms with Gasteiger partial charge >= 0.3 is 0 Å². The van der Waals surface area contributed by atoms with Gasteiger partial charge in [-0.05, 0) is 44.0 Å². The molecule has 0 N–H and O–H groups in total. The molecule has 2 heteroatoms. The van der Waals surface area contributed by atoms with Crippen LogP contribution >= 0.6 is 12.6 Å². The Morgan fingerprint density at radius 2 is 2.15 bits per heavy atom. The summed E-state index contributed by atoms with van der Waals surface area (Å²) >= 11 is 4.22. The average molecular weight is 201 g/mol. The molecule has 0 aromatic rings. The maximum absolute atomic E-state index is 4.22. The molecule has 1 nitrogen and oxygen atoms in total. The number of unbranched alkanes of at least 4 members (excludes halogenated alkanes) is 2. The highest BCUT2D eigenvalue weighted by Gasteiger charge is 2.19. The van der Waals surface area contributed by atoms with Crippen molar-refractivity contribution in [3.63, 3.8) is 0 Å². The van der Waals surface area contributed by atoms with Gasteiger partial charge in [-0.1, -0.05) is 19.8 Å². The van der Waals surface area contributed by atoms with E-state index in [2.05, 4.69) is 24.5 Å². The van der Waals surface area contributed by atoms with Crippen molar-refractivity contribution >= 4 is 12.6 Å². The molecular formula is C11H23NS. The third-order valence-corrected chi connectivity index (χ3v) is 3.40. The highest BCUT2D eigenvalue weighted by molar-refractivity contribution is 7.80. The van der Waals surface area contributed by atoms with Gasteiger partial charge in [-0.15, -0.1) is 0 Å². The van der Waals surface area contributed by atoms with Gasteiger partial charge in [-0.2, -0.15) is 12.6 Å². The van der Waals surface area contributed by atoms with Crippen LogP contribution in [0.1, 0.15) is 39.0 Å². The van der Waals surface area contributed by atoms with E-state index in [-0.39, 0.29) is 0 Å². The lowest BCUT2D eigenvalue weighted by Crippen LogP contribution is -2.21. The summed E-state index contributed by atoms with van der Waals surface area (Å²) in [6.45, 7) is 6.34. The molecule has 78 valence electrons. The molecule has 0 aromatic heterocycles. The molecule has 1 heterocycles. The molecule has 0 amide bonds. The van der Waals surface area contributed by atoms with Crippen molar-refractivity contribution < 1.29 is 0 Å². The summed E-state index contributed by atoms with van der Waals surface area (Å²) in [5.74, 6) is 2.04. The van der Waals surface area contributed by atoms with Gasteiger partial charge in [0, 0.05) is 6.54 Å². The van der Waals surface area contributed by atoms with Gasteiger partial charge in [0.1, 0.15) is 0 Å². The normalized spacial score (nSPS) is 24.0. The first-order valence-electron chi connectivity index (χ1n) is 5.70. The molecule has 1 unspecified atom stereocenters. The Bertz CT molecular complexity index is 127. The Morgan fingerprint density at radius 3 is 2.77 bits per heavy atom. The molecule has 13 heavy (non-hydrogen) atoms. The summed E-state index contributed by atoms with van der Waals surface area (Å²) in [4.78, 5) is 2.63. The summed E-state index contributed by atoms with van der Waals surface area (Å²) in [6, 6.07) is 0. The molecule has 0 spiro atoms. The summed E-state index contributed by atoms with van der Waals surface area (Å²) in [7, 11) is 0. The van der Waals surface area contributed by atoms with Gasteiger partial charge in [0.25, 0.3) is 0 Å². The molecular weight excluding hydrogens is 178 g/mol. The van der Waals surface area contributed by atoms with Crippen LogP contribution in [0.5, 0.6) is 0 Å². The Hall–Kier alpha value is 0.310. The topological polar surface area (TPSA) is 3.24 Å². The molecule has 1 atom stereocenters. The number of likely N-dealkylation sites (tertiary alicyclic amines) is 1. The Morgan fingerprint density at radius 1 is 1.31 bits per heavy atom. The Labute approximate surface area is 88.3 Å². The molecule has 1 aliphatic rings. The van der Waals surface area contributed by atoms with E-state index in [1.807, 2.05) is 0 Å². The second-order valence-electron chi connectivity index (χ2n) is 4.15. The number of hydrogen-bond donors (Lipinski definition) is 1. The monoisotopic (exact) mass is 201 g/mol. The molecule has 0 bridgehead atoms. The summed E-state index contributed by atoms with van der Waals surface area (Å²) < 4.78 is 0. The summed E-state index contributed by atoms with van der Waals surface area (Å²) in [6.07, 6.45) is 6.82. The highest BCUT2D eigenvalue weighted by Crippen LogP contribution is 2.19. The maximum atomic E-state index is 4.22. The molecule has 0 radical (unpaired) electrons. The van der Waals surface area contributed by atoms with Crippen LogP contribution in [-0.2, 0) is 0 Å². The zero-order valence-electron chi connectivity index (χ0n) is 8.84. The van der Waals surface area contributed by atoms with Crippen molar-refractivity contribution in [1.82, 2.24) is 4.90 Å². The maximum Gasteiger partial charge on any atom is 0.00100 e. The molecule has 1 saturated heterocycles. The number of thiol groups is 1. The number of rotatable bonds is 6. The van der Waals surface area contributed by atoms with E-state index in [1.54, 1.807) is 0 Å². The van der Waals surface area contributed by atoms with Crippen LogP contribution in [0.3, 0.4) is 0 Å². The first-order chi connectivity index (χ1) is 6.36. The fourth-order valence-electron chi connectivity index (χ4n) is 2.07. The Balaban J connectivity index is 1.97. The largest absolute Gasteiger partial charge is 0.303 e. The minimum absolute atomic E-state index is 0.991. The molecule has 0 saturated carbocycles. The lowest BCUT2D eigenvalue weighted by atomic mass is 10.1. The lowest BCUT2D eigenvalue weighted by Gasteiger charge is -2.14. The molecule has 1 fully saturated rings. The quantitative estimate of drug-likeness (QED) is 0.511. The summed E-state index contributed by atoms with van der Waals surface area (Å²) in [5.41, 5.74) is 0. The van der Waals surface area contributed by atoms with Gasteiger partial charge in [0.2, 0.25) is 0 Å². The van der Waals surface area contributed by atoms with Crippen LogP contribution < -0.4 is 0 Å². The fourth-order valence-corrected chi connectivity index (χ4v) is 2.30. The predicted molar refractivity (Wildman–Crippen MR) is 62.5 cm³/mol. The van der Waals surface area contributed by atoms with E-state index in [0.29, 0.717) is 0 Å². The second-order valence-corrected chi connectivity index (χ2v) is 4.60. The minimum Gasteiger partial charge on any atom is -0.303 e. The van der Waals surface area contributed by atoms with E-state index < -0.39 is 0 Å². The van der Waals surface area contributed by atoms with Crippen LogP contribution in [0.4, 0.5) is 0 Å². The second kappa shape index (κ2) is 6.72. The summed E-state index contributed by atoms with van der Waals surface area (Å²) in [5, 5.41) is 0. The van der Waals surface area contributed by atoms with Crippen molar-refractivity contribution in [3.05, 3.63) is 0 Å². The lowest BCUT2D eigenvalue weighted by molar-refractivity contribution is 0.315. The highest BCUT2D eigenvalue weighted by atomic mass is 32.1. The minimum atomic E-state index is 0.991. The van der Waals surface area contributed by atoms with E-state index in [9.17, 15) is 0 Å². The Kier molecular flexibility index (Phi) is 5.88. The number of hydrogen-bond acceptors (Lipinski definition) is 2. The van der Waals surface area contributed by atoms with Gasteiger partial charge in [-0.25, -0.2) is 0 Å². The number of nitrogens with zero attached hydrogens (tertiary/aromatic N) is 1. The van der Waals surface area contributed by atoms with Crippen molar-refractivity contribution in [2.24, 2.45) is 5.92 Å². The smallest absolute Gasteiger partial charge is 0.00100 e. The van der Waals surface area contributed by atoms with Crippen LogP contribution in [0.15, 0.2) is 0 Å². The van der Waals surface area contributed by atoms with Crippen LogP contribution in [-0.4, -0.2) is 30.3 Å². The zero-order valence-corrected chi connectivity index (χ0v) is 9.73. The van der Waals surface area contributed by atoms with Gasteiger partial charge in [-0.3, -0.25) is 0 Å². The first-order valence-corrected chi connectivity index (χ1v) is 6.33. The van der Waals surface area contributed by atoms with E-state index in [4.69, 9.17) is 0 Å². The van der Waals surface area contributed by atoms with Crippen molar-refractivity contribution in [2.45, 2.75) is 39.0 Å². The zero-order chi connectivity index (χ0) is 9.52. The molecule has 0 aliphatic carbocycles. The molecule has 1 rings (SSSR count). The van der Waals surface area contributed by atoms with Crippen molar-refractivity contribution in [2.75, 3.05) is 25.4 Å².